The average Bonchev–Trinajstić information content (AvgIpc) is 3.14. The zero-order valence-electron chi connectivity index (χ0n) is 10.4. The van der Waals surface area contributed by atoms with Crippen molar-refractivity contribution in [3.05, 3.63) is 0 Å². The fraction of sp³-hybridized carbons (Fsp3) is 1.00. The van der Waals surface area contributed by atoms with Gasteiger partial charge in [0.05, 0.1) is 6.17 Å². The van der Waals surface area contributed by atoms with Gasteiger partial charge >= 0.3 is 0 Å². The summed E-state index contributed by atoms with van der Waals surface area (Å²) < 4.78 is 0. The Morgan fingerprint density at radius 1 is 0.875 bits per heavy atom. The van der Waals surface area contributed by atoms with Crippen LogP contribution in [0.2, 0.25) is 0 Å². The Balaban J connectivity index is 1.46. The highest BCUT2D eigenvalue weighted by Crippen LogP contribution is 2.18. The van der Waals surface area contributed by atoms with Gasteiger partial charge in [-0.2, -0.15) is 0 Å². The van der Waals surface area contributed by atoms with E-state index in [0.29, 0.717) is 0 Å². The van der Waals surface area contributed by atoms with Crippen molar-refractivity contribution in [3.63, 3.8) is 0 Å². The Labute approximate surface area is 98.6 Å². The van der Waals surface area contributed by atoms with Crippen LogP contribution in [0.3, 0.4) is 0 Å². The molecular formula is C12H24N4. The van der Waals surface area contributed by atoms with Gasteiger partial charge in [-0.15, -0.1) is 0 Å². The molecule has 3 aliphatic heterocycles. The standard InChI is InChI=1S/C12H24N4/c1-14-4-2-11(3-5-14)15-6-8-16(9-7-15)12-10-13-12/h11-13H,2-10H2,1H3. The Hall–Kier alpha value is -0.160. The minimum atomic E-state index is 0.722. The van der Waals surface area contributed by atoms with Crippen molar-refractivity contribution in [2.75, 3.05) is 52.9 Å². The summed E-state index contributed by atoms with van der Waals surface area (Å²) in [5.74, 6) is 0. The second-order valence-corrected chi connectivity index (χ2v) is 5.53. The molecule has 0 aromatic rings. The van der Waals surface area contributed by atoms with E-state index in [4.69, 9.17) is 0 Å². The summed E-state index contributed by atoms with van der Waals surface area (Å²) in [6.07, 6.45) is 3.47. The van der Waals surface area contributed by atoms with Crippen LogP contribution in [-0.4, -0.2) is 79.8 Å². The molecule has 3 fully saturated rings. The summed E-state index contributed by atoms with van der Waals surface area (Å²) in [5.41, 5.74) is 0. The summed E-state index contributed by atoms with van der Waals surface area (Å²) in [7, 11) is 2.24. The maximum Gasteiger partial charge on any atom is 0.0728 e. The van der Waals surface area contributed by atoms with E-state index in [0.717, 1.165) is 12.2 Å². The van der Waals surface area contributed by atoms with Gasteiger partial charge in [-0.3, -0.25) is 15.1 Å². The molecule has 3 rings (SSSR count). The first kappa shape index (κ1) is 11.0. The fourth-order valence-electron chi connectivity index (χ4n) is 3.09. The second-order valence-electron chi connectivity index (χ2n) is 5.53. The Morgan fingerprint density at radius 3 is 2.00 bits per heavy atom. The molecule has 0 aromatic heterocycles. The van der Waals surface area contributed by atoms with Gasteiger partial charge in [0.2, 0.25) is 0 Å². The van der Waals surface area contributed by atoms with E-state index in [-0.39, 0.29) is 0 Å². The summed E-state index contributed by atoms with van der Waals surface area (Å²) >= 11 is 0. The first-order valence-corrected chi connectivity index (χ1v) is 6.73. The molecule has 4 nitrogen and oxygen atoms in total. The molecule has 0 amide bonds. The van der Waals surface area contributed by atoms with Crippen LogP contribution in [0.4, 0.5) is 0 Å². The van der Waals surface area contributed by atoms with Crippen molar-refractivity contribution in [2.45, 2.75) is 25.0 Å². The largest absolute Gasteiger partial charge is 0.306 e. The summed E-state index contributed by atoms with van der Waals surface area (Å²) in [6, 6.07) is 0.866. The quantitative estimate of drug-likeness (QED) is 0.649. The third-order valence-corrected chi connectivity index (χ3v) is 4.38. The van der Waals surface area contributed by atoms with E-state index in [1.807, 2.05) is 0 Å². The van der Waals surface area contributed by atoms with Gasteiger partial charge < -0.3 is 4.90 Å². The van der Waals surface area contributed by atoms with Crippen molar-refractivity contribution in [1.29, 1.82) is 0 Å². The van der Waals surface area contributed by atoms with Gasteiger partial charge in [0.25, 0.3) is 0 Å². The zero-order valence-corrected chi connectivity index (χ0v) is 10.4. The number of likely N-dealkylation sites (tertiary alicyclic amines) is 1. The number of piperidine rings is 1. The molecule has 0 spiro atoms. The summed E-state index contributed by atoms with van der Waals surface area (Å²) in [6.45, 7) is 8.89. The molecule has 0 aromatic carbocycles. The number of rotatable bonds is 2. The smallest absolute Gasteiger partial charge is 0.0728 e. The van der Waals surface area contributed by atoms with Crippen molar-refractivity contribution >= 4 is 0 Å². The van der Waals surface area contributed by atoms with Gasteiger partial charge in [0, 0.05) is 38.8 Å². The van der Waals surface area contributed by atoms with Crippen LogP contribution in [0.25, 0.3) is 0 Å². The van der Waals surface area contributed by atoms with Gasteiger partial charge in [0.15, 0.2) is 0 Å². The lowest BCUT2D eigenvalue weighted by molar-refractivity contribution is 0.0611. The molecule has 1 unspecified atom stereocenters. The lowest BCUT2D eigenvalue weighted by Crippen LogP contribution is -2.53. The van der Waals surface area contributed by atoms with Crippen LogP contribution in [0.1, 0.15) is 12.8 Å². The maximum atomic E-state index is 3.40. The van der Waals surface area contributed by atoms with Crippen LogP contribution < -0.4 is 5.32 Å². The van der Waals surface area contributed by atoms with E-state index in [2.05, 4.69) is 27.1 Å². The highest BCUT2D eigenvalue weighted by Gasteiger charge is 2.32. The third-order valence-electron chi connectivity index (χ3n) is 4.38. The van der Waals surface area contributed by atoms with E-state index in [9.17, 15) is 0 Å². The van der Waals surface area contributed by atoms with Crippen LogP contribution in [0.15, 0.2) is 0 Å². The summed E-state index contributed by atoms with van der Waals surface area (Å²) in [4.78, 5) is 7.79. The van der Waals surface area contributed by atoms with Crippen molar-refractivity contribution in [1.82, 2.24) is 20.0 Å². The van der Waals surface area contributed by atoms with Crippen LogP contribution in [0.5, 0.6) is 0 Å². The normalized spacial score (nSPS) is 35.4. The molecule has 3 heterocycles. The van der Waals surface area contributed by atoms with Crippen molar-refractivity contribution in [2.24, 2.45) is 0 Å². The highest BCUT2D eigenvalue weighted by molar-refractivity contribution is 4.89. The SMILES string of the molecule is CN1CCC(N2CCN(C3CN3)CC2)CC1. The molecule has 1 atom stereocenters. The molecule has 0 bridgehead atoms. The Morgan fingerprint density at radius 2 is 1.44 bits per heavy atom. The van der Waals surface area contributed by atoms with Gasteiger partial charge in [0.1, 0.15) is 0 Å². The second kappa shape index (κ2) is 4.61. The molecule has 0 saturated carbocycles. The van der Waals surface area contributed by atoms with Gasteiger partial charge in [-0.1, -0.05) is 0 Å². The van der Waals surface area contributed by atoms with Crippen LogP contribution in [-0.2, 0) is 0 Å². The Kier molecular flexibility index (Phi) is 3.16. The van der Waals surface area contributed by atoms with Crippen LogP contribution in [0, 0.1) is 0 Å². The molecule has 3 aliphatic rings. The summed E-state index contributed by atoms with van der Waals surface area (Å²) in [5, 5.41) is 3.40. The topological polar surface area (TPSA) is 31.7 Å². The third kappa shape index (κ3) is 2.40. The predicted molar refractivity (Wildman–Crippen MR) is 65.5 cm³/mol. The molecule has 92 valence electrons. The minimum Gasteiger partial charge on any atom is -0.306 e. The zero-order chi connectivity index (χ0) is 11.0. The first-order valence-electron chi connectivity index (χ1n) is 6.73. The van der Waals surface area contributed by atoms with Crippen molar-refractivity contribution < 1.29 is 0 Å². The number of hydrogen-bond acceptors (Lipinski definition) is 4. The molecule has 4 heteroatoms. The van der Waals surface area contributed by atoms with E-state index < -0.39 is 0 Å². The molecule has 1 N–H and O–H groups in total. The highest BCUT2D eigenvalue weighted by atomic mass is 15.4. The molecule has 0 aliphatic carbocycles. The first-order chi connectivity index (χ1) is 7.83. The molecule has 3 saturated heterocycles. The number of hydrogen-bond donors (Lipinski definition) is 1. The average molecular weight is 224 g/mol. The fourth-order valence-corrected chi connectivity index (χ4v) is 3.09. The maximum absolute atomic E-state index is 3.40. The molecule has 0 radical (unpaired) electrons. The monoisotopic (exact) mass is 224 g/mol. The minimum absolute atomic E-state index is 0.722. The lowest BCUT2D eigenvalue weighted by atomic mass is 10.0. The number of nitrogens with one attached hydrogen (secondary N) is 1. The molecular weight excluding hydrogens is 200 g/mol. The Bertz CT molecular complexity index is 225. The lowest BCUT2D eigenvalue weighted by Gasteiger charge is -2.42. The van der Waals surface area contributed by atoms with Gasteiger partial charge in [-0.25, -0.2) is 0 Å². The van der Waals surface area contributed by atoms with E-state index >= 15 is 0 Å². The van der Waals surface area contributed by atoms with E-state index in [1.165, 1.54) is 58.7 Å². The molecule has 16 heavy (non-hydrogen) atoms. The number of nitrogens with zero attached hydrogens (tertiary/aromatic N) is 3. The predicted octanol–water partition coefficient (Wildman–Crippen LogP) is -0.372. The van der Waals surface area contributed by atoms with Gasteiger partial charge in [-0.05, 0) is 33.0 Å². The van der Waals surface area contributed by atoms with Crippen LogP contribution >= 0.6 is 0 Å². The van der Waals surface area contributed by atoms with Crippen molar-refractivity contribution in [3.8, 4) is 0 Å². The van der Waals surface area contributed by atoms with E-state index in [1.54, 1.807) is 0 Å². The number of piperazine rings is 1.